The van der Waals surface area contributed by atoms with Crippen LogP contribution in [0.2, 0.25) is 42.3 Å². The van der Waals surface area contributed by atoms with Crippen molar-refractivity contribution in [3.8, 4) is 23.0 Å². The van der Waals surface area contributed by atoms with E-state index in [9.17, 15) is 0 Å². The summed E-state index contributed by atoms with van der Waals surface area (Å²) in [6.07, 6.45) is 0. The Bertz CT molecular complexity index is 2540. The van der Waals surface area contributed by atoms with Gasteiger partial charge in [-0.2, -0.15) is 59.8 Å². The van der Waals surface area contributed by atoms with Gasteiger partial charge in [0.15, 0.2) is 0 Å². The maximum Gasteiger partial charge on any atom is 0.242 e. The first-order valence-corrected chi connectivity index (χ1v) is 21.1. The van der Waals surface area contributed by atoms with Crippen LogP contribution in [0.5, 0.6) is 23.0 Å². The van der Waals surface area contributed by atoms with E-state index >= 15 is 0 Å². The van der Waals surface area contributed by atoms with E-state index in [1.54, 1.807) is 97.1 Å². The highest BCUT2D eigenvalue weighted by Crippen LogP contribution is 2.35. The molecule has 4 aromatic carbocycles. The summed E-state index contributed by atoms with van der Waals surface area (Å²) in [5.41, 5.74) is 13.5. The van der Waals surface area contributed by atoms with Crippen LogP contribution in [0.4, 0.5) is 46.5 Å². The lowest BCUT2D eigenvalue weighted by molar-refractivity contribution is 0.119. The van der Waals surface area contributed by atoms with E-state index in [1.807, 2.05) is 0 Å². The van der Waals surface area contributed by atoms with Crippen LogP contribution in [0.1, 0.15) is 0 Å². The number of aromatic nitrogens is 12. The molecular formula is C38H24Cl8N16O4. The van der Waals surface area contributed by atoms with Crippen LogP contribution < -0.4 is 40.2 Å². The second kappa shape index (κ2) is 22.2. The summed E-state index contributed by atoms with van der Waals surface area (Å²) >= 11 is 48.1. The Hall–Kier alpha value is -6.36. The lowest BCUT2D eigenvalue weighted by Crippen LogP contribution is -2.17. The highest BCUT2D eigenvalue weighted by Gasteiger charge is 2.23. The number of nitrogens with two attached hydrogens (primary N) is 2. The molecule has 8 aromatic rings. The number of hydrogen-bond acceptors (Lipinski definition) is 20. The largest absolute Gasteiger partial charge is 0.458 e. The zero-order valence-corrected chi connectivity index (χ0v) is 38.8. The molecule has 0 atom stereocenters. The van der Waals surface area contributed by atoms with Crippen molar-refractivity contribution in [2.75, 3.05) is 34.9 Å². The first-order valence-electron chi connectivity index (χ1n) is 18.1. The fourth-order valence-corrected chi connectivity index (χ4v) is 6.57. The molecule has 0 spiro atoms. The second-order valence-electron chi connectivity index (χ2n) is 12.3. The molecule has 0 unspecified atom stereocenters. The van der Waals surface area contributed by atoms with Gasteiger partial charge in [0, 0.05) is 11.4 Å². The molecule has 0 aliphatic carbocycles. The van der Waals surface area contributed by atoms with Gasteiger partial charge in [0.1, 0.15) is 23.0 Å². The van der Waals surface area contributed by atoms with E-state index in [0.717, 1.165) is 11.5 Å². The van der Waals surface area contributed by atoms with Crippen LogP contribution in [0.3, 0.4) is 0 Å². The fourth-order valence-electron chi connectivity index (χ4n) is 5.15. The SMILES string of the molecule is Clc1nc(Cl)nc(N(c2ccc(OCOc3ccc(N(c4nc(Cl)nc(Cl)n4)c4nc(Cl)nc(Cl)n4)cc3)cc2)c2nc(Cl)nc(Cl)n2)n1.Nc1ccc(OCOc2ccc(N)cc2)cc1. The van der Waals surface area contributed by atoms with E-state index < -0.39 is 0 Å². The Morgan fingerprint density at radius 2 is 0.500 bits per heavy atom. The number of ether oxygens (including phenoxy) is 4. The molecule has 20 nitrogen and oxygen atoms in total. The number of nitrogens with zero attached hydrogens (tertiary/aromatic N) is 14. The molecule has 0 radical (unpaired) electrons. The van der Waals surface area contributed by atoms with Gasteiger partial charge in [0.2, 0.25) is 79.6 Å². The monoisotopic (exact) mass is 1050 g/mol. The van der Waals surface area contributed by atoms with E-state index in [0.29, 0.717) is 34.2 Å². The van der Waals surface area contributed by atoms with Crippen LogP contribution in [0, 0.1) is 0 Å². The summed E-state index contributed by atoms with van der Waals surface area (Å²) in [5, 5.41) is -1.31. The van der Waals surface area contributed by atoms with Crippen molar-refractivity contribution in [2.24, 2.45) is 0 Å². The summed E-state index contributed by atoms with van der Waals surface area (Å²) in [6, 6.07) is 27.5. The number of rotatable bonds is 14. The third-order valence-electron chi connectivity index (χ3n) is 7.93. The second-order valence-corrected chi connectivity index (χ2v) is 15.0. The van der Waals surface area contributed by atoms with Crippen molar-refractivity contribution in [3.05, 3.63) is 139 Å². The van der Waals surface area contributed by atoms with E-state index in [2.05, 4.69) is 59.8 Å². The van der Waals surface area contributed by atoms with Gasteiger partial charge in [0.25, 0.3) is 0 Å². The number of hydrogen-bond donors (Lipinski definition) is 2. The van der Waals surface area contributed by atoms with Gasteiger partial charge in [-0.3, -0.25) is 0 Å². The van der Waals surface area contributed by atoms with Crippen LogP contribution in [0.15, 0.2) is 97.1 Å². The molecular weight excluding hydrogens is 1030 g/mol. The molecule has 4 heterocycles. The highest BCUT2D eigenvalue weighted by atomic mass is 35.5. The van der Waals surface area contributed by atoms with Crippen LogP contribution in [0.25, 0.3) is 0 Å². The third kappa shape index (κ3) is 13.4. The van der Waals surface area contributed by atoms with Crippen molar-refractivity contribution < 1.29 is 18.9 Å². The zero-order chi connectivity index (χ0) is 46.7. The first kappa shape index (κ1) is 47.6. The molecule has 0 fully saturated rings. The van der Waals surface area contributed by atoms with Crippen LogP contribution >= 0.6 is 92.8 Å². The van der Waals surface area contributed by atoms with Gasteiger partial charge in [-0.1, -0.05) is 0 Å². The van der Waals surface area contributed by atoms with Crippen molar-refractivity contribution >= 4 is 139 Å². The van der Waals surface area contributed by atoms with Crippen molar-refractivity contribution in [1.29, 1.82) is 0 Å². The average Bonchev–Trinajstić information content (AvgIpc) is 3.25. The van der Waals surface area contributed by atoms with Gasteiger partial charge < -0.3 is 30.4 Å². The Morgan fingerprint density at radius 3 is 0.712 bits per heavy atom. The standard InChI is InChI=1S/C25H10Cl8N14O2.C13H14N2O2/c26-14-34-15(27)39-22(38-14)46(23-40-16(28)35-17(29)41-23)10-1-5-12(6-2-10)48-9-49-13-7-3-11(4-8-13)47(24-42-18(30)36-19(31)43-24)25-44-20(32)37-21(33)45-25;14-10-1-5-12(6-2-10)16-9-17-13-7-3-11(15)4-8-13/h1-8H,9H2;1-8H,9,14-15H2. The van der Waals surface area contributed by atoms with Crippen molar-refractivity contribution in [1.82, 2.24) is 59.8 Å². The predicted octanol–water partition coefficient (Wildman–Crippen LogP) is 10.3. The summed E-state index contributed by atoms with van der Waals surface area (Å²) in [4.78, 5) is 50.8. The third-order valence-corrected chi connectivity index (χ3v) is 9.28. The molecule has 0 amide bonds. The molecule has 0 aliphatic heterocycles. The summed E-state index contributed by atoms with van der Waals surface area (Å²) < 4.78 is 22.3. The Labute approximate surface area is 412 Å². The van der Waals surface area contributed by atoms with Gasteiger partial charge in [-0.15, -0.1) is 0 Å². The van der Waals surface area contributed by atoms with E-state index in [4.69, 9.17) is 123 Å². The highest BCUT2D eigenvalue weighted by molar-refractivity contribution is 6.32. The zero-order valence-electron chi connectivity index (χ0n) is 32.7. The molecule has 0 bridgehead atoms. The van der Waals surface area contributed by atoms with Gasteiger partial charge in [-0.05, 0) is 190 Å². The van der Waals surface area contributed by atoms with Gasteiger partial charge in [-0.25, -0.2) is 9.80 Å². The number of nitrogen functional groups attached to an aromatic ring is 2. The van der Waals surface area contributed by atoms with Crippen LogP contribution in [-0.2, 0) is 0 Å². The molecule has 336 valence electrons. The Morgan fingerprint density at radius 1 is 0.303 bits per heavy atom. The number of anilines is 8. The summed E-state index contributed by atoms with van der Waals surface area (Å²) in [6.45, 7) is -0.0192. The molecule has 28 heteroatoms. The molecule has 0 aliphatic rings. The lowest BCUT2D eigenvalue weighted by atomic mass is 10.3. The Kier molecular flexibility index (Phi) is 16.0. The van der Waals surface area contributed by atoms with Gasteiger partial charge in [0.05, 0.1) is 11.4 Å². The minimum Gasteiger partial charge on any atom is -0.458 e. The minimum atomic E-state index is -0.166. The fraction of sp³-hybridized carbons (Fsp3) is 0.0526. The summed E-state index contributed by atoms with van der Waals surface area (Å²) in [5.74, 6) is 2.28. The summed E-state index contributed by atoms with van der Waals surface area (Å²) in [7, 11) is 0. The van der Waals surface area contributed by atoms with E-state index in [-0.39, 0.29) is 79.6 Å². The van der Waals surface area contributed by atoms with Gasteiger partial charge >= 0.3 is 0 Å². The van der Waals surface area contributed by atoms with Crippen molar-refractivity contribution in [3.63, 3.8) is 0 Å². The smallest absolute Gasteiger partial charge is 0.242 e. The molecule has 8 rings (SSSR count). The molecule has 0 saturated heterocycles. The molecule has 0 saturated carbocycles. The quantitative estimate of drug-likeness (QED) is 0.0759. The molecule has 4 aromatic heterocycles. The average molecular weight is 1050 g/mol. The molecule has 4 N–H and O–H groups in total. The maximum absolute atomic E-state index is 6.02. The Balaban J connectivity index is 0.000000319. The topological polar surface area (TPSA) is 250 Å². The first-order chi connectivity index (χ1) is 31.7. The predicted molar refractivity (Wildman–Crippen MR) is 250 cm³/mol. The maximum atomic E-state index is 6.02. The van der Waals surface area contributed by atoms with E-state index in [1.165, 1.54) is 9.80 Å². The number of halogens is 8. The van der Waals surface area contributed by atoms with Crippen molar-refractivity contribution in [2.45, 2.75) is 0 Å². The normalized spacial score (nSPS) is 10.7. The number of benzene rings is 4. The lowest BCUT2D eigenvalue weighted by Gasteiger charge is -2.21. The van der Waals surface area contributed by atoms with Crippen LogP contribution in [-0.4, -0.2) is 73.4 Å². The minimum absolute atomic E-state index is 0.00859. The molecule has 66 heavy (non-hydrogen) atoms.